The van der Waals surface area contributed by atoms with E-state index >= 15 is 0 Å². The maximum atomic E-state index is 12.2. The molecule has 0 aliphatic rings. The van der Waals surface area contributed by atoms with Crippen LogP contribution in [-0.2, 0) is 0 Å². The van der Waals surface area contributed by atoms with Gasteiger partial charge in [-0.2, -0.15) is 10.5 Å². The Labute approximate surface area is 363 Å². The predicted molar refractivity (Wildman–Crippen MR) is 261 cm³/mol. The molecule has 6 heteroatoms. The molecule has 0 fully saturated rings. The fourth-order valence-corrected chi connectivity index (χ4v) is 12.5. The first kappa shape index (κ1) is 34.8. The van der Waals surface area contributed by atoms with E-state index in [0.29, 0.717) is 22.5 Å². The Morgan fingerprint density at radius 2 is 0.629 bits per heavy atom. The SMILES string of the molecule is N#Cc1c(-c2cccc3sc4ccccc4c23)c(-n2c3ccccc3c3ccccc32)c(C#N)c(-c2cccc3sc4ccccc4c23)c1-n1c2ccccc2c2ccccc21. The van der Waals surface area contributed by atoms with Crippen LogP contribution in [-0.4, -0.2) is 9.13 Å². The van der Waals surface area contributed by atoms with Gasteiger partial charge in [-0.15, -0.1) is 22.7 Å². The molecular weight excluding hydrogens is 793 g/mol. The quantitative estimate of drug-likeness (QED) is 0.178. The fourth-order valence-electron chi connectivity index (χ4n) is 10.2. The first-order chi connectivity index (χ1) is 30.7. The number of hydrogen-bond acceptors (Lipinski definition) is 4. The van der Waals surface area contributed by atoms with Crippen molar-refractivity contribution in [2.45, 2.75) is 0 Å². The lowest BCUT2D eigenvalue weighted by Crippen LogP contribution is -2.11. The van der Waals surface area contributed by atoms with Crippen molar-refractivity contribution in [1.29, 1.82) is 10.5 Å². The van der Waals surface area contributed by atoms with E-state index in [1.807, 2.05) is 0 Å². The number of fused-ring (bicyclic) bond motifs is 12. The monoisotopic (exact) mass is 822 g/mol. The Morgan fingerprint density at radius 1 is 0.323 bits per heavy atom. The topological polar surface area (TPSA) is 57.4 Å². The molecule has 0 aliphatic carbocycles. The molecule has 4 aromatic heterocycles. The molecule has 0 radical (unpaired) electrons. The van der Waals surface area contributed by atoms with Crippen molar-refractivity contribution in [2.75, 3.05) is 0 Å². The van der Waals surface area contributed by atoms with E-state index in [4.69, 9.17) is 0 Å². The molecule has 13 rings (SSSR count). The first-order valence-electron chi connectivity index (χ1n) is 20.6. The molecule has 286 valence electrons. The zero-order valence-electron chi connectivity index (χ0n) is 32.9. The summed E-state index contributed by atoms with van der Waals surface area (Å²) in [5.41, 5.74) is 9.54. The summed E-state index contributed by atoms with van der Waals surface area (Å²) in [6.45, 7) is 0. The Morgan fingerprint density at radius 3 is 0.984 bits per heavy atom. The van der Waals surface area contributed by atoms with Crippen LogP contribution >= 0.6 is 22.7 Å². The minimum Gasteiger partial charge on any atom is -0.307 e. The van der Waals surface area contributed by atoms with Gasteiger partial charge in [0.15, 0.2) is 0 Å². The van der Waals surface area contributed by atoms with Crippen LogP contribution in [0.3, 0.4) is 0 Å². The van der Waals surface area contributed by atoms with E-state index in [-0.39, 0.29) is 0 Å². The molecule has 0 atom stereocenters. The third-order valence-corrected chi connectivity index (χ3v) is 14.9. The molecular formula is C56H30N4S2. The van der Waals surface area contributed by atoms with Gasteiger partial charge >= 0.3 is 0 Å². The van der Waals surface area contributed by atoms with Gasteiger partial charge in [-0.05, 0) is 59.7 Å². The molecule has 0 unspecified atom stereocenters. The number of benzene rings is 9. The summed E-state index contributed by atoms with van der Waals surface area (Å²) in [6, 6.07) is 69.4. The van der Waals surface area contributed by atoms with Crippen LogP contribution in [0.5, 0.6) is 0 Å². The van der Waals surface area contributed by atoms with Gasteiger partial charge in [0.1, 0.15) is 12.1 Å². The van der Waals surface area contributed by atoms with Crippen molar-refractivity contribution in [3.8, 4) is 45.8 Å². The highest BCUT2D eigenvalue weighted by Gasteiger charge is 2.33. The maximum absolute atomic E-state index is 12.2. The van der Waals surface area contributed by atoms with Gasteiger partial charge in [0.2, 0.25) is 0 Å². The van der Waals surface area contributed by atoms with Crippen molar-refractivity contribution < 1.29 is 0 Å². The highest BCUT2D eigenvalue weighted by atomic mass is 32.1. The fraction of sp³-hybridized carbons (Fsp3) is 0. The summed E-state index contributed by atoms with van der Waals surface area (Å²) in [5.74, 6) is 0. The summed E-state index contributed by atoms with van der Waals surface area (Å²) in [7, 11) is 0. The molecule has 0 aliphatic heterocycles. The van der Waals surface area contributed by atoms with Gasteiger partial charge in [-0.3, -0.25) is 0 Å². The minimum absolute atomic E-state index is 0.502. The van der Waals surface area contributed by atoms with Crippen molar-refractivity contribution in [3.63, 3.8) is 0 Å². The maximum Gasteiger partial charge on any atom is 0.102 e. The number of thiophene rings is 2. The third kappa shape index (κ3) is 4.68. The van der Waals surface area contributed by atoms with E-state index in [0.717, 1.165) is 96.8 Å². The summed E-state index contributed by atoms with van der Waals surface area (Å²) in [4.78, 5) is 0. The molecule has 13 aromatic rings. The van der Waals surface area contributed by atoms with Crippen molar-refractivity contribution in [3.05, 3.63) is 193 Å². The highest BCUT2D eigenvalue weighted by molar-refractivity contribution is 7.26. The smallest absolute Gasteiger partial charge is 0.102 e. The van der Waals surface area contributed by atoms with Crippen LogP contribution in [0.1, 0.15) is 11.1 Å². The average molecular weight is 823 g/mol. The minimum atomic E-state index is 0.502. The lowest BCUT2D eigenvalue weighted by molar-refractivity contribution is 1.13. The van der Waals surface area contributed by atoms with Gasteiger partial charge < -0.3 is 9.13 Å². The second-order valence-corrected chi connectivity index (χ2v) is 17.9. The third-order valence-electron chi connectivity index (χ3n) is 12.6. The van der Waals surface area contributed by atoms with E-state index in [1.165, 1.54) is 9.40 Å². The molecule has 4 heterocycles. The van der Waals surface area contributed by atoms with Crippen molar-refractivity contribution in [1.82, 2.24) is 9.13 Å². The Kier molecular flexibility index (Phi) is 7.44. The summed E-state index contributed by atoms with van der Waals surface area (Å²) >= 11 is 3.51. The van der Waals surface area contributed by atoms with Gasteiger partial charge in [0.25, 0.3) is 0 Å². The number of aromatic nitrogens is 2. The van der Waals surface area contributed by atoms with Gasteiger partial charge in [0.05, 0.1) is 44.6 Å². The molecule has 4 nitrogen and oxygen atoms in total. The number of rotatable bonds is 4. The summed E-state index contributed by atoms with van der Waals surface area (Å²) in [6.07, 6.45) is 0. The molecule has 0 amide bonds. The van der Waals surface area contributed by atoms with E-state index in [1.54, 1.807) is 22.7 Å². The number of hydrogen-bond donors (Lipinski definition) is 0. The van der Waals surface area contributed by atoms with Gasteiger partial charge in [0, 0.05) is 73.0 Å². The Bertz CT molecular complexity index is 3770. The molecule has 0 N–H and O–H groups in total. The number of para-hydroxylation sites is 4. The van der Waals surface area contributed by atoms with Crippen LogP contribution in [0.4, 0.5) is 0 Å². The summed E-state index contributed by atoms with van der Waals surface area (Å²) in [5, 5.41) is 33.1. The number of nitrogens with zero attached hydrogens (tertiary/aromatic N) is 4. The van der Waals surface area contributed by atoms with Crippen LogP contribution in [0.2, 0.25) is 0 Å². The number of nitriles is 2. The van der Waals surface area contributed by atoms with Crippen molar-refractivity contribution >= 4 is 107 Å². The van der Waals surface area contributed by atoms with E-state index in [9.17, 15) is 10.5 Å². The zero-order chi connectivity index (χ0) is 41.1. The molecule has 0 saturated carbocycles. The standard InChI is InChI=1S/C56H30N4S2/c57-31-41-54(40-22-14-30-50-52(40)38-20-6-12-28-48(38)62-50)56(60-45-25-9-3-17-35(45)36-18-4-10-26-46(36)60)42(32-58)53(39-21-13-29-49-51(39)37-19-5-11-27-47(37)61-49)55(41)59-43-23-7-1-15-33(43)34-16-2-8-24-44(34)59/h1-30H. The molecule has 0 saturated heterocycles. The van der Waals surface area contributed by atoms with Gasteiger partial charge in [-0.1, -0.05) is 133 Å². The van der Waals surface area contributed by atoms with E-state index in [2.05, 4.69) is 203 Å². The summed E-state index contributed by atoms with van der Waals surface area (Å²) < 4.78 is 9.10. The lowest BCUT2D eigenvalue weighted by Gasteiger charge is -2.26. The molecule has 62 heavy (non-hydrogen) atoms. The average Bonchev–Trinajstić information content (AvgIpc) is 4.08. The second-order valence-electron chi connectivity index (χ2n) is 15.7. The molecule has 9 aromatic carbocycles. The van der Waals surface area contributed by atoms with Crippen LogP contribution in [0, 0.1) is 22.7 Å². The van der Waals surface area contributed by atoms with E-state index < -0.39 is 0 Å². The Balaban J connectivity index is 1.36. The highest BCUT2D eigenvalue weighted by Crippen LogP contribution is 2.53. The lowest BCUT2D eigenvalue weighted by atomic mass is 9.84. The van der Waals surface area contributed by atoms with Crippen LogP contribution in [0.25, 0.3) is 118 Å². The Hall–Kier alpha value is -8.00. The predicted octanol–water partition coefficient (Wildman–Crippen LogP) is 15.7. The van der Waals surface area contributed by atoms with Crippen LogP contribution in [0.15, 0.2) is 182 Å². The normalized spacial score (nSPS) is 11.8. The first-order valence-corrected chi connectivity index (χ1v) is 22.2. The van der Waals surface area contributed by atoms with Crippen molar-refractivity contribution in [2.24, 2.45) is 0 Å². The van der Waals surface area contributed by atoms with Crippen LogP contribution < -0.4 is 0 Å². The van der Waals surface area contributed by atoms with Gasteiger partial charge in [-0.25, -0.2) is 0 Å². The molecule has 0 spiro atoms. The molecule has 0 bridgehead atoms. The zero-order valence-corrected chi connectivity index (χ0v) is 34.6. The largest absolute Gasteiger partial charge is 0.307 e. The second kappa shape index (κ2) is 13.3.